The average Bonchev–Trinajstić information content (AvgIpc) is 0.882. The molecule has 0 bridgehead atoms. The minimum absolute atomic E-state index is 0.128. The number of nitro groups is 6. The number of ether oxygens (including phenoxy) is 6. The number of nitro benzene ring substituents is 3. The monoisotopic (exact) mass is 1910 g/mol. The highest BCUT2D eigenvalue weighted by Gasteiger charge is 2.17. The lowest BCUT2D eigenvalue weighted by atomic mass is 9.80. The maximum atomic E-state index is 10.7. The van der Waals surface area contributed by atoms with E-state index in [1.165, 1.54) is 66.3 Å². The van der Waals surface area contributed by atoms with Crippen molar-refractivity contribution >= 4 is 206 Å². The lowest BCUT2D eigenvalue weighted by Gasteiger charge is -2.07. The average molecular weight is 1920 g/mol. The Hall–Kier alpha value is -4.41. The molecule has 6 aromatic carbocycles. The topological polar surface area (TPSA) is 557 Å². The first kappa shape index (κ1) is 126. The van der Waals surface area contributed by atoms with Gasteiger partial charge in [-0.2, -0.15) is 0 Å². The number of para-hydroxylation sites is 1. The van der Waals surface area contributed by atoms with Gasteiger partial charge < -0.3 is 88.7 Å². The van der Waals surface area contributed by atoms with E-state index in [0.717, 1.165) is 140 Å². The van der Waals surface area contributed by atoms with E-state index in [1.807, 2.05) is 84.0 Å². The van der Waals surface area contributed by atoms with Crippen molar-refractivity contribution in [3.63, 3.8) is 0 Å². The normalized spacial score (nSPS) is 9.60. The molecule has 0 radical (unpaired) electrons. The number of benzene rings is 6. The summed E-state index contributed by atoms with van der Waals surface area (Å²) in [6, 6.07) is 41.7. The minimum atomic E-state index is -1.41. The van der Waals surface area contributed by atoms with E-state index >= 15 is 0 Å². The molecule has 0 heterocycles. The highest BCUT2D eigenvalue weighted by atomic mass is 33.1. The standard InChI is InChI=1S/3C10H15BO3S2.3C10H13NO3S2.3CH5BO2.3CH3NO2/c1-2-14-7-8-15-16-10-5-3-9(4-6-10)11(12)13;1-2-14-6-7-15-16-10-5-3-4-9(8-10)11(12)13;1-2-14-7-8-15-16-10-6-4-3-5-9(10)11(12)13;1-2-14-7-8-15-16-10-5-3-9(4-6-10)11(12)13;1-2-14-6-7-15-16-10-5-3-4-9(8-10)11(12)13;1-2-14-7-8-15-16-10-6-4-3-5-9(10)11(12)13;6*1-2(3)4/h3-6,12-13H,2,7-8H2,1H3;3-5,8,12-13H,2,6-7H2,1H3;3-6,12-13H,2,7-8H2,1H3;3-6H,2,7-8H2,1H3;3-5,8H,2,6-7H2,1H3;3-6H,2,7-8H2,1H3;3*3-4H,1H3;3*1H3. The third kappa shape index (κ3) is 94.3. The van der Waals surface area contributed by atoms with E-state index in [2.05, 4.69) is 0 Å². The van der Waals surface area contributed by atoms with Crippen molar-refractivity contribution in [2.24, 2.45) is 0 Å². The molecule has 0 saturated heterocycles. The second kappa shape index (κ2) is 90.8. The zero-order chi connectivity index (χ0) is 92.3. The van der Waals surface area contributed by atoms with Gasteiger partial charge in [-0.1, -0.05) is 190 Å². The van der Waals surface area contributed by atoms with Crippen LogP contribution in [-0.2, 0) is 28.4 Å². The van der Waals surface area contributed by atoms with Gasteiger partial charge in [0, 0.05) is 144 Å². The lowest BCUT2D eigenvalue weighted by Crippen LogP contribution is -2.31. The van der Waals surface area contributed by atoms with Crippen LogP contribution in [0.5, 0.6) is 0 Å². The van der Waals surface area contributed by atoms with Gasteiger partial charge in [-0.05, 0) is 133 Å². The molecule has 6 aromatic rings. The summed E-state index contributed by atoms with van der Waals surface area (Å²) in [7, 11) is 14.3. The predicted octanol–water partition coefficient (Wildman–Crippen LogP) is 10.5. The summed E-state index contributed by atoms with van der Waals surface area (Å²) in [5, 5.41) is 158. The molecule has 0 fully saturated rings. The zero-order valence-electron chi connectivity index (χ0n) is 68.3. The summed E-state index contributed by atoms with van der Waals surface area (Å²) in [4.78, 5) is 61.1. The molecule has 12 N–H and O–H groups in total. The van der Waals surface area contributed by atoms with Crippen molar-refractivity contribution < 1.29 is 118 Å². The Morgan fingerprint density at radius 2 is 0.583 bits per heavy atom. The predicted molar refractivity (Wildman–Crippen MR) is 504 cm³/mol. The molecule has 0 aliphatic heterocycles. The van der Waals surface area contributed by atoms with Crippen LogP contribution >= 0.6 is 130 Å². The van der Waals surface area contributed by atoms with E-state index in [4.69, 9.17) is 119 Å². The largest absolute Gasteiger partial charge is 0.489 e. The van der Waals surface area contributed by atoms with Crippen molar-refractivity contribution in [2.75, 3.05) is 135 Å². The highest BCUT2D eigenvalue weighted by Crippen LogP contribution is 2.38. The molecule has 672 valence electrons. The number of rotatable bonds is 42. The molecule has 120 heavy (non-hydrogen) atoms. The summed E-state index contributed by atoms with van der Waals surface area (Å²) in [5.41, 5.74) is 2.02. The molecule has 0 aliphatic rings. The number of hydrogen-bond acceptors (Lipinski definition) is 42. The Kier molecular flexibility index (Phi) is 95.6. The van der Waals surface area contributed by atoms with E-state index < -0.39 is 62.4 Å². The smallest absolute Gasteiger partial charge is 0.427 e. The molecule has 0 aliphatic carbocycles. The van der Waals surface area contributed by atoms with Crippen molar-refractivity contribution in [3.8, 4) is 0 Å². The first-order chi connectivity index (χ1) is 56.8. The van der Waals surface area contributed by atoms with Crippen LogP contribution in [0.15, 0.2) is 175 Å². The van der Waals surface area contributed by atoms with Crippen molar-refractivity contribution in [2.45, 2.75) is 91.4 Å². The fourth-order valence-electron chi connectivity index (χ4n) is 6.22. The van der Waals surface area contributed by atoms with Gasteiger partial charge in [0.15, 0.2) is 21.1 Å². The van der Waals surface area contributed by atoms with Crippen LogP contribution in [0, 0.1) is 60.7 Å². The van der Waals surface area contributed by atoms with Crippen LogP contribution in [0.1, 0.15) is 41.5 Å². The first-order valence-electron chi connectivity index (χ1n) is 35.5. The SMILES string of the molecule is CB(O)O.CB(O)O.CB(O)O.CCOCCSSc1ccc(B(O)O)cc1.CCOCCSSc1ccc([N+](=O)[O-])cc1.CCOCCSSc1cccc(B(O)O)c1.CCOCCSSc1cccc([N+](=O)[O-])c1.CCOCCSSc1ccccc1B(O)O.CCOCCSSc1ccccc1[N+](=O)[O-].C[N+](=O)[O-].C[N+](=O)[O-].C[N+](=O)[O-]. The van der Waals surface area contributed by atoms with E-state index in [0.29, 0.717) is 41.1 Å². The van der Waals surface area contributed by atoms with Gasteiger partial charge in [0.25, 0.3) is 17.1 Å². The number of nitrogens with zero attached hydrogens (tertiary/aromatic N) is 6. The Bertz CT molecular complexity index is 3410. The van der Waals surface area contributed by atoms with Crippen molar-refractivity contribution in [1.29, 1.82) is 0 Å². The molecular weight excluding hydrogens is 1810 g/mol. The fourth-order valence-corrected chi connectivity index (χ4v) is 17.8. The van der Waals surface area contributed by atoms with Crippen LogP contribution < -0.4 is 16.4 Å². The summed E-state index contributed by atoms with van der Waals surface area (Å²) in [6.07, 6.45) is 0. The van der Waals surface area contributed by atoms with Gasteiger partial charge in [-0.25, -0.2) is 0 Å². The second-order valence-electron chi connectivity index (χ2n) is 20.9. The molecule has 36 nitrogen and oxygen atoms in total. The number of non-ortho nitro benzene ring substituents is 2. The molecule has 0 atom stereocenters. The molecule has 0 saturated carbocycles. The minimum Gasteiger partial charge on any atom is -0.427 e. The van der Waals surface area contributed by atoms with Crippen LogP contribution in [0.25, 0.3) is 0 Å². The van der Waals surface area contributed by atoms with Crippen LogP contribution in [0.3, 0.4) is 0 Å². The highest BCUT2D eigenvalue weighted by molar-refractivity contribution is 8.78. The molecular formula is C66H108B6N6O30S12. The van der Waals surface area contributed by atoms with Gasteiger partial charge in [0.2, 0.25) is 0 Å². The number of hydrogen-bond donors (Lipinski definition) is 12. The van der Waals surface area contributed by atoms with Crippen molar-refractivity contribution in [3.05, 3.63) is 206 Å². The lowest BCUT2D eigenvalue weighted by molar-refractivity contribution is -0.445. The molecule has 0 amide bonds. The quantitative estimate of drug-likeness (QED) is 0.00557. The molecule has 6 rings (SSSR count). The van der Waals surface area contributed by atoms with Crippen LogP contribution in [0.4, 0.5) is 17.1 Å². The maximum Gasteiger partial charge on any atom is 0.489 e. The van der Waals surface area contributed by atoms with E-state index in [1.54, 1.807) is 187 Å². The van der Waals surface area contributed by atoms with E-state index in [9.17, 15) is 30.3 Å². The van der Waals surface area contributed by atoms with Gasteiger partial charge in [0.1, 0.15) is 0 Å². The van der Waals surface area contributed by atoms with E-state index in [-0.39, 0.29) is 26.9 Å². The summed E-state index contributed by atoms with van der Waals surface area (Å²) in [6.45, 7) is 24.4. The molecule has 0 aromatic heterocycles. The Morgan fingerprint density at radius 3 is 0.900 bits per heavy atom. The van der Waals surface area contributed by atoms with Gasteiger partial charge in [0.05, 0.1) is 59.3 Å². The Balaban J connectivity index is -0.000000307. The van der Waals surface area contributed by atoms with Gasteiger partial charge in [-0.15, -0.1) is 0 Å². The van der Waals surface area contributed by atoms with Gasteiger partial charge in [-0.3, -0.25) is 60.7 Å². The summed E-state index contributed by atoms with van der Waals surface area (Å²) < 4.78 is 31.2. The summed E-state index contributed by atoms with van der Waals surface area (Å²) in [5.74, 6) is 5.36. The molecule has 54 heteroatoms. The zero-order valence-corrected chi connectivity index (χ0v) is 78.1. The Labute approximate surface area is 750 Å². The van der Waals surface area contributed by atoms with Crippen molar-refractivity contribution in [1.82, 2.24) is 0 Å². The third-order valence-corrected chi connectivity index (χ3v) is 24.8. The Morgan fingerprint density at radius 1 is 0.300 bits per heavy atom. The fraction of sp³-hybridized carbons (Fsp3) is 0.455. The summed E-state index contributed by atoms with van der Waals surface area (Å²) >= 11 is 0. The maximum absolute atomic E-state index is 10.7. The molecule has 0 spiro atoms. The van der Waals surface area contributed by atoms with Crippen LogP contribution in [0.2, 0.25) is 20.5 Å². The third-order valence-electron chi connectivity index (χ3n) is 10.7. The van der Waals surface area contributed by atoms with Gasteiger partial charge >= 0.3 is 42.7 Å². The first-order valence-corrected chi connectivity index (χ1v) is 49.4. The van der Waals surface area contributed by atoms with Crippen LogP contribution in [-0.4, -0.2) is 267 Å². The molecule has 0 unspecified atom stereocenters. The second-order valence-corrected chi connectivity index (χ2v) is 35.7.